The number of nitrogens with zero attached hydrogens (tertiary/aromatic N) is 6. The lowest BCUT2D eigenvalue weighted by Crippen LogP contribution is -2.56. The number of piperidine rings is 4. The number of nitrogens with one attached hydrogen (secondary N) is 1. The minimum Gasteiger partial charge on any atom is -0.495 e. The number of aromatic nitrogens is 2. The van der Waals surface area contributed by atoms with Gasteiger partial charge in [-0.25, -0.2) is 0 Å². The van der Waals surface area contributed by atoms with E-state index in [1.807, 2.05) is 42.3 Å². The molecule has 4 saturated heterocycles. The van der Waals surface area contributed by atoms with Crippen molar-refractivity contribution in [2.45, 2.75) is 76.3 Å². The van der Waals surface area contributed by atoms with Gasteiger partial charge in [-0.1, -0.05) is 0 Å². The number of ether oxygens (including phenoxy) is 1. The van der Waals surface area contributed by atoms with Crippen molar-refractivity contribution in [3.8, 4) is 16.9 Å². The summed E-state index contributed by atoms with van der Waals surface area (Å²) in [6, 6.07) is 9.35. The quantitative estimate of drug-likeness (QED) is 0.263. The van der Waals surface area contributed by atoms with Gasteiger partial charge in [0, 0.05) is 80.5 Å². The number of nitrogen functional groups attached to an aromatic ring is 1. The lowest BCUT2D eigenvalue weighted by Gasteiger charge is -2.56. The van der Waals surface area contributed by atoms with Crippen LogP contribution in [0.2, 0.25) is 0 Å². The van der Waals surface area contributed by atoms with Gasteiger partial charge in [0.1, 0.15) is 11.8 Å². The number of hydrogen-bond donors (Lipinski definition) is 2. The first-order valence-electron chi connectivity index (χ1n) is 20.2. The van der Waals surface area contributed by atoms with Crippen LogP contribution in [0.4, 0.5) is 17.1 Å². The van der Waals surface area contributed by atoms with Gasteiger partial charge in [-0.2, -0.15) is 5.10 Å². The number of rotatable bonds is 7. The molecule has 1 unspecified atom stereocenters. The predicted octanol–water partition coefficient (Wildman–Crippen LogP) is 4.46. The Morgan fingerprint density at radius 2 is 1.51 bits per heavy atom. The summed E-state index contributed by atoms with van der Waals surface area (Å²) in [6.45, 7) is 6.34. The molecule has 9 rings (SSSR count). The number of hydrogen-bond acceptors (Lipinski definition) is 10. The molecule has 6 heterocycles. The van der Waals surface area contributed by atoms with Crippen LogP contribution < -0.4 is 25.6 Å². The molecule has 1 spiro atoms. The van der Waals surface area contributed by atoms with Crippen molar-refractivity contribution in [3.63, 3.8) is 0 Å². The minimum absolute atomic E-state index is 0.113. The third-order valence-corrected chi connectivity index (χ3v) is 14.0. The van der Waals surface area contributed by atoms with Gasteiger partial charge in [0.25, 0.3) is 11.8 Å². The van der Waals surface area contributed by atoms with Gasteiger partial charge < -0.3 is 25.2 Å². The molecule has 0 bridgehead atoms. The average Bonchev–Trinajstić information content (AvgIpc) is 3.73. The molecular weight excluding hydrogens is 697 g/mol. The third-order valence-electron chi connectivity index (χ3n) is 14.0. The smallest absolute Gasteiger partial charge is 0.262 e. The number of amides is 4. The lowest BCUT2D eigenvalue weighted by atomic mass is 9.59. The van der Waals surface area contributed by atoms with E-state index >= 15 is 0 Å². The molecule has 4 amide bonds. The number of likely N-dealkylation sites (tertiary alicyclic amines) is 1. The first-order valence-corrected chi connectivity index (χ1v) is 20.2. The fraction of sp³-hybridized carbons (Fsp3) is 0.548. The molecule has 3 aromatic rings. The molecule has 1 aromatic heterocycles. The topological polar surface area (TPSA) is 146 Å². The van der Waals surface area contributed by atoms with Crippen molar-refractivity contribution in [1.29, 1.82) is 0 Å². The second-order valence-electron chi connectivity index (χ2n) is 16.9. The largest absolute Gasteiger partial charge is 0.495 e. The SMILES string of the molecule is COc1cc(N2CCC(C3CCN(C4CC5(CCN(c6ccc7c(c6)C(=O)N(C6CCC(=O)NC6=O)C7=O)CC5)C4)CC3)CC2)c(-c2cnn(C)c2)cc1N. The Bertz CT molecular complexity index is 2010. The van der Waals surface area contributed by atoms with E-state index in [0.29, 0.717) is 28.3 Å². The standard InChI is InChI=1S/C42H52N8O5/c1-46-25-28(24-44-46)32-20-34(43)37(55-2)21-36(32)49-15-9-27(10-16-49)26-7-13-47(14-8-26)30-22-42(23-30)11-17-48(18-12-42)29-3-4-31-33(19-29)41(54)50(40(31)53)35-5-6-38(51)45-39(35)52/h3-4,19-21,24-27,30,35H,5-18,22-23,43H2,1-2H3,(H,45,51,52). The van der Waals surface area contributed by atoms with Crippen LogP contribution in [0.3, 0.4) is 0 Å². The van der Waals surface area contributed by atoms with Crippen molar-refractivity contribution in [2.75, 3.05) is 61.9 Å². The molecule has 1 aliphatic carbocycles. The van der Waals surface area contributed by atoms with Crippen LogP contribution in [-0.2, 0) is 16.6 Å². The number of carbonyl (C=O) groups excluding carboxylic acids is 4. The number of carbonyl (C=O) groups is 4. The Morgan fingerprint density at radius 1 is 0.818 bits per heavy atom. The second kappa shape index (κ2) is 14.0. The van der Waals surface area contributed by atoms with Gasteiger partial charge in [0.15, 0.2) is 0 Å². The molecule has 13 nitrogen and oxygen atoms in total. The van der Waals surface area contributed by atoms with Crippen LogP contribution in [0.15, 0.2) is 42.7 Å². The molecule has 6 aliphatic rings. The molecule has 1 atom stereocenters. The van der Waals surface area contributed by atoms with E-state index in [1.54, 1.807) is 13.2 Å². The number of benzene rings is 2. The molecule has 3 N–H and O–H groups in total. The van der Waals surface area contributed by atoms with Crippen LogP contribution in [0.25, 0.3) is 11.1 Å². The van der Waals surface area contributed by atoms with Gasteiger partial charge in [0.05, 0.1) is 30.1 Å². The summed E-state index contributed by atoms with van der Waals surface area (Å²) in [6.07, 6.45) is 14.0. The van der Waals surface area contributed by atoms with Gasteiger partial charge in [-0.15, -0.1) is 0 Å². The maximum absolute atomic E-state index is 13.4. The van der Waals surface area contributed by atoms with Gasteiger partial charge >= 0.3 is 0 Å². The predicted molar refractivity (Wildman–Crippen MR) is 209 cm³/mol. The van der Waals surface area contributed by atoms with Crippen molar-refractivity contribution in [3.05, 3.63) is 53.9 Å². The minimum atomic E-state index is -0.946. The van der Waals surface area contributed by atoms with E-state index < -0.39 is 23.8 Å². The Morgan fingerprint density at radius 3 is 2.16 bits per heavy atom. The van der Waals surface area contributed by atoms with Crippen molar-refractivity contribution in [2.24, 2.45) is 24.3 Å². The van der Waals surface area contributed by atoms with Crippen LogP contribution in [0, 0.1) is 17.3 Å². The van der Waals surface area contributed by atoms with Crippen LogP contribution in [-0.4, -0.2) is 102 Å². The highest BCUT2D eigenvalue weighted by Gasteiger charge is 2.49. The Balaban J connectivity index is 0.748. The van der Waals surface area contributed by atoms with Crippen LogP contribution in [0.1, 0.15) is 84.9 Å². The molecule has 5 aliphatic heterocycles. The first-order chi connectivity index (χ1) is 26.6. The van der Waals surface area contributed by atoms with Crippen LogP contribution >= 0.6 is 0 Å². The highest BCUT2D eigenvalue weighted by Crippen LogP contribution is 2.52. The van der Waals surface area contributed by atoms with E-state index in [9.17, 15) is 19.2 Å². The average molecular weight is 749 g/mol. The second-order valence-corrected chi connectivity index (χ2v) is 16.9. The molecule has 0 radical (unpaired) electrons. The molecular formula is C42H52N8O5. The Kier molecular flexibility index (Phi) is 9.10. The number of anilines is 3. The van der Waals surface area contributed by atoms with Crippen molar-refractivity contribution < 1.29 is 23.9 Å². The normalized spacial score (nSPS) is 24.0. The van der Waals surface area contributed by atoms with E-state index in [4.69, 9.17) is 10.5 Å². The van der Waals surface area contributed by atoms with E-state index in [1.165, 1.54) is 57.3 Å². The summed E-state index contributed by atoms with van der Waals surface area (Å²) in [4.78, 5) is 59.3. The van der Waals surface area contributed by atoms with Crippen LogP contribution in [0.5, 0.6) is 5.75 Å². The zero-order valence-electron chi connectivity index (χ0n) is 32.0. The third kappa shape index (κ3) is 6.43. The number of nitrogens with two attached hydrogens (primary N) is 1. The monoisotopic (exact) mass is 748 g/mol. The van der Waals surface area contributed by atoms with Gasteiger partial charge in [0.2, 0.25) is 11.8 Å². The van der Waals surface area contributed by atoms with Gasteiger partial charge in [-0.05, 0) is 112 Å². The molecule has 5 fully saturated rings. The van der Waals surface area contributed by atoms with Gasteiger partial charge in [-0.3, -0.25) is 34.1 Å². The summed E-state index contributed by atoms with van der Waals surface area (Å²) in [5.74, 6) is 0.414. The molecule has 290 valence electrons. The lowest BCUT2D eigenvalue weighted by molar-refractivity contribution is -0.136. The fourth-order valence-corrected chi connectivity index (χ4v) is 10.7. The summed E-state index contributed by atoms with van der Waals surface area (Å²) in [5, 5.41) is 6.68. The van der Waals surface area contributed by atoms with E-state index in [0.717, 1.165) is 78.3 Å². The van der Waals surface area contributed by atoms with E-state index in [2.05, 4.69) is 31.2 Å². The molecule has 1 saturated carbocycles. The Labute approximate surface area is 322 Å². The summed E-state index contributed by atoms with van der Waals surface area (Å²) >= 11 is 0. The summed E-state index contributed by atoms with van der Waals surface area (Å²) in [5.41, 5.74) is 12.4. The molecule has 55 heavy (non-hydrogen) atoms. The summed E-state index contributed by atoms with van der Waals surface area (Å²) < 4.78 is 7.45. The zero-order chi connectivity index (χ0) is 38.0. The zero-order valence-corrected chi connectivity index (χ0v) is 32.0. The number of imide groups is 2. The Hall–Kier alpha value is -4.91. The van der Waals surface area contributed by atoms with Crippen molar-refractivity contribution >= 4 is 40.7 Å². The molecule has 2 aromatic carbocycles. The number of aryl methyl sites for hydroxylation is 1. The summed E-state index contributed by atoms with van der Waals surface area (Å²) in [7, 11) is 3.62. The number of methoxy groups -OCH3 is 1. The van der Waals surface area contributed by atoms with Crippen molar-refractivity contribution in [1.82, 2.24) is 24.9 Å². The maximum atomic E-state index is 13.4. The first kappa shape index (κ1) is 35.8. The fourth-order valence-electron chi connectivity index (χ4n) is 10.7. The highest BCUT2D eigenvalue weighted by atomic mass is 16.5. The maximum Gasteiger partial charge on any atom is 0.262 e. The highest BCUT2D eigenvalue weighted by molar-refractivity contribution is 6.23. The molecule has 13 heteroatoms. The van der Waals surface area contributed by atoms with E-state index in [-0.39, 0.29) is 18.7 Å². The number of fused-ring (bicyclic) bond motifs is 1.